The molecule has 1 aliphatic heterocycles. The second-order valence-corrected chi connectivity index (χ2v) is 9.11. The summed E-state index contributed by atoms with van der Waals surface area (Å²) in [6, 6.07) is 4.58. The smallest absolute Gasteiger partial charge is 0.240 e. The van der Waals surface area contributed by atoms with Crippen molar-refractivity contribution in [3.63, 3.8) is 0 Å². The van der Waals surface area contributed by atoms with Crippen molar-refractivity contribution in [2.45, 2.75) is 18.2 Å². The van der Waals surface area contributed by atoms with Crippen LogP contribution in [0.2, 0.25) is 0 Å². The largest absolute Gasteiger partial charge is 0.399 e. The fourth-order valence-corrected chi connectivity index (χ4v) is 5.51. The Labute approximate surface area is 119 Å². The van der Waals surface area contributed by atoms with Crippen LogP contribution in [-0.4, -0.2) is 34.9 Å². The highest BCUT2D eigenvalue weighted by Crippen LogP contribution is 2.20. The van der Waals surface area contributed by atoms with E-state index >= 15 is 0 Å². The summed E-state index contributed by atoms with van der Waals surface area (Å²) >= 11 is 0. The summed E-state index contributed by atoms with van der Waals surface area (Å²) in [5.74, 6) is 0.0418. The molecule has 0 aliphatic carbocycles. The Bertz CT molecular complexity index is 711. The number of nitrogen functional groups attached to an aromatic ring is 1. The van der Waals surface area contributed by atoms with Gasteiger partial charge < -0.3 is 5.73 Å². The average Bonchev–Trinajstić information content (AvgIpc) is 2.66. The van der Waals surface area contributed by atoms with Crippen LogP contribution in [0.3, 0.4) is 0 Å². The minimum absolute atomic E-state index is 0.0518. The Hall–Kier alpha value is -1.12. The molecule has 1 heterocycles. The maximum absolute atomic E-state index is 12.2. The highest BCUT2D eigenvalue weighted by molar-refractivity contribution is 7.91. The lowest BCUT2D eigenvalue weighted by Gasteiger charge is -2.12. The predicted molar refractivity (Wildman–Crippen MR) is 77.5 cm³/mol. The van der Waals surface area contributed by atoms with E-state index in [2.05, 4.69) is 4.72 Å². The highest BCUT2D eigenvalue weighted by atomic mass is 32.2. The maximum atomic E-state index is 12.2. The van der Waals surface area contributed by atoms with Crippen LogP contribution < -0.4 is 10.5 Å². The summed E-state index contributed by atoms with van der Waals surface area (Å²) in [5.41, 5.74) is 6.66. The van der Waals surface area contributed by atoms with Gasteiger partial charge in [-0.1, -0.05) is 0 Å². The molecule has 1 aromatic rings. The summed E-state index contributed by atoms with van der Waals surface area (Å²) in [4.78, 5) is 0.174. The first-order valence-corrected chi connectivity index (χ1v) is 9.56. The number of nitrogens with two attached hydrogens (primary N) is 1. The Morgan fingerprint density at radius 3 is 2.65 bits per heavy atom. The molecule has 2 rings (SSSR count). The van der Waals surface area contributed by atoms with E-state index in [0.717, 1.165) is 0 Å². The van der Waals surface area contributed by atoms with E-state index in [4.69, 9.17) is 5.73 Å². The molecule has 112 valence electrons. The molecule has 0 bridgehead atoms. The van der Waals surface area contributed by atoms with Gasteiger partial charge in [0, 0.05) is 12.2 Å². The van der Waals surface area contributed by atoms with Crippen LogP contribution in [0.15, 0.2) is 23.1 Å². The lowest BCUT2D eigenvalue weighted by molar-refractivity contribution is 0.543. The van der Waals surface area contributed by atoms with Crippen molar-refractivity contribution in [3.8, 4) is 0 Å². The molecule has 1 saturated heterocycles. The van der Waals surface area contributed by atoms with E-state index in [-0.39, 0.29) is 28.9 Å². The highest BCUT2D eigenvalue weighted by Gasteiger charge is 2.29. The summed E-state index contributed by atoms with van der Waals surface area (Å²) < 4.78 is 49.5. The quantitative estimate of drug-likeness (QED) is 0.776. The second kappa shape index (κ2) is 5.34. The van der Waals surface area contributed by atoms with Crippen molar-refractivity contribution < 1.29 is 16.8 Å². The van der Waals surface area contributed by atoms with Gasteiger partial charge in [-0.15, -0.1) is 0 Å². The first-order chi connectivity index (χ1) is 9.20. The number of aryl methyl sites for hydroxylation is 1. The molecule has 0 radical (unpaired) electrons. The van der Waals surface area contributed by atoms with Gasteiger partial charge in [-0.25, -0.2) is 21.6 Å². The van der Waals surface area contributed by atoms with Crippen molar-refractivity contribution in [3.05, 3.63) is 23.8 Å². The number of sulfonamides is 1. The van der Waals surface area contributed by atoms with Crippen LogP contribution in [0, 0.1) is 12.8 Å². The van der Waals surface area contributed by atoms with Gasteiger partial charge in [0.15, 0.2) is 9.84 Å². The molecule has 0 saturated carbocycles. The van der Waals surface area contributed by atoms with Gasteiger partial charge in [0.1, 0.15) is 0 Å². The maximum Gasteiger partial charge on any atom is 0.240 e. The third-order valence-electron chi connectivity index (χ3n) is 3.38. The van der Waals surface area contributed by atoms with Crippen molar-refractivity contribution in [2.75, 3.05) is 23.8 Å². The Kier molecular flexibility index (Phi) is 4.08. The van der Waals surface area contributed by atoms with E-state index in [9.17, 15) is 16.8 Å². The van der Waals surface area contributed by atoms with Gasteiger partial charge in [-0.3, -0.25) is 0 Å². The molecule has 0 aromatic heterocycles. The number of hydrogen-bond donors (Lipinski definition) is 2. The summed E-state index contributed by atoms with van der Waals surface area (Å²) in [5, 5.41) is 0. The van der Waals surface area contributed by atoms with Crippen molar-refractivity contribution in [1.29, 1.82) is 0 Å². The summed E-state index contributed by atoms with van der Waals surface area (Å²) in [6.07, 6.45) is 0.506. The van der Waals surface area contributed by atoms with Crippen LogP contribution in [0.1, 0.15) is 12.0 Å². The molecular weight excluding hydrogens is 300 g/mol. The zero-order valence-corrected chi connectivity index (χ0v) is 12.8. The molecule has 3 N–H and O–H groups in total. The van der Waals surface area contributed by atoms with E-state index in [1.54, 1.807) is 13.0 Å². The Morgan fingerprint density at radius 1 is 1.40 bits per heavy atom. The van der Waals surface area contributed by atoms with E-state index in [1.165, 1.54) is 12.1 Å². The van der Waals surface area contributed by atoms with E-state index in [0.29, 0.717) is 17.7 Å². The number of anilines is 1. The lowest BCUT2D eigenvalue weighted by Crippen LogP contribution is -2.30. The molecule has 0 amide bonds. The fourth-order valence-electron chi connectivity index (χ4n) is 2.31. The molecular formula is C12H18N2O4S2. The zero-order chi connectivity index (χ0) is 15.0. The first kappa shape index (κ1) is 15.3. The fraction of sp³-hybridized carbons (Fsp3) is 0.500. The molecule has 1 aromatic carbocycles. The van der Waals surface area contributed by atoms with Gasteiger partial charge in [-0.2, -0.15) is 0 Å². The minimum atomic E-state index is -3.63. The zero-order valence-electron chi connectivity index (χ0n) is 11.2. The van der Waals surface area contributed by atoms with Crippen LogP contribution in [0.5, 0.6) is 0 Å². The normalized spacial score (nSPS) is 21.9. The molecule has 6 nitrogen and oxygen atoms in total. The lowest BCUT2D eigenvalue weighted by atomic mass is 10.1. The molecule has 1 atom stereocenters. The number of sulfone groups is 1. The SMILES string of the molecule is Cc1cc(N)ccc1S(=O)(=O)NCC1CCS(=O)(=O)C1. The second-order valence-electron chi connectivity index (χ2n) is 5.15. The monoisotopic (exact) mass is 318 g/mol. The third-order valence-corrected chi connectivity index (χ3v) is 6.80. The Balaban J connectivity index is 2.08. The van der Waals surface area contributed by atoms with Crippen molar-refractivity contribution >= 4 is 25.5 Å². The number of hydrogen-bond acceptors (Lipinski definition) is 5. The molecule has 0 spiro atoms. The van der Waals surface area contributed by atoms with E-state index < -0.39 is 19.9 Å². The van der Waals surface area contributed by atoms with Gasteiger partial charge in [0.05, 0.1) is 16.4 Å². The van der Waals surface area contributed by atoms with Gasteiger partial charge in [-0.05, 0) is 43.0 Å². The summed E-state index contributed by atoms with van der Waals surface area (Å²) in [7, 11) is -6.63. The molecule has 1 fully saturated rings. The number of rotatable bonds is 4. The predicted octanol–water partition coefficient (Wildman–Crippen LogP) is 0.290. The molecule has 20 heavy (non-hydrogen) atoms. The van der Waals surface area contributed by atoms with Gasteiger partial charge >= 0.3 is 0 Å². The first-order valence-electron chi connectivity index (χ1n) is 6.26. The minimum Gasteiger partial charge on any atom is -0.399 e. The van der Waals surface area contributed by atoms with Crippen LogP contribution >= 0.6 is 0 Å². The average molecular weight is 318 g/mol. The van der Waals surface area contributed by atoms with Crippen LogP contribution in [0.25, 0.3) is 0 Å². The molecule has 1 unspecified atom stereocenters. The topological polar surface area (TPSA) is 106 Å². The number of benzene rings is 1. The van der Waals surface area contributed by atoms with Gasteiger partial charge in [0.2, 0.25) is 10.0 Å². The van der Waals surface area contributed by atoms with Crippen molar-refractivity contribution in [2.24, 2.45) is 5.92 Å². The Morgan fingerprint density at radius 2 is 2.10 bits per heavy atom. The van der Waals surface area contributed by atoms with Crippen LogP contribution in [-0.2, 0) is 19.9 Å². The third kappa shape index (κ3) is 3.50. The van der Waals surface area contributed by atoms with E-state index in [1.807, 2.05) is 0 Å². The summed E-state index contributed by atoms with van der Waals surface area (Å²) in [6.45, 7) is 1.82. The molecule has 8 heteroatoms. The van der Waals surface area contributed by atoms with Crippen LogP contribution in [0.4, 0.5) is 5.69 Å². The van der Waals surface area contributed by atoms with Gasteiger partial charge in [0.25, 0.3) is 0 Å². The molecule has 1 aliphatic rings. The van der Waals surface area contributed by atoms with Crippen molar-refractivity contribution in [1.82, 2.24) is 4.72 Å². The number of nitrogens with one attached hydrogen (secondary N) is 1. The standard InChI is InChI=1S/C12H18N2O4S2/c1-9-6-11(13)2-3-12(9)20(17,18)14-7-10-4-5-19(15,16)8-10/h2-3,6,10,14H,4-5,7-8,13H2,1H3.